The van der Waals surface area contributed by atoms with Crippen LogP contribution in [-0.2, 0) is 0 Å². The Bertz CT molecular complexity index is 434. The average Bonchev–Trinajstić information content (AvgIpc) is 2.50. The fourth-order valence-corrected chi connectivity index (χ4v) is 1.37. The van der Waals surface area contributed by atoms with Crippen LogP contribution in [0.4, 0.5) is 5.82 Å². The van der Waals surface area contributed by atoms with Gasteiger partial charge in [0.15, 0.2) is 5.65 Å². The van der Waals surface area contributed by atoms with Gasteiger partial charge in [0.25, 0.3) is 0 Å². The number of hydrogen-bond donors (Lipinski definition) is 1. The number of aryl methyl sites for hydroxylation is 1. The zero-order chi connectivity index (χ0) is 10.7. The minimum Gasteiger partial charge on any atom is -0.383 e. The van der Waals surface area contributed by atoms with Gasteiger partial charge < -0.3 is 5.73 Å². The van der Waals surface area contributed by atoms with Gasteiger partial charge in [-0.25, -0.2) is 4.98 Å². The lowest BCUT2D eigenvalue weighted by Gasteiger charge is -1.95. The van der Waals surface area contributed by atoms with E-state index in [0.29, 0.717) is 16.5 Å². The molecule has 2 N–H and O–H groups in total. The van der Waals surface area contributed by atoms with Crippen molar-refractivity contribution in [3.8, 4) is 0 Å². The van der Waals surface area contributed by atoms with E-state index in [-0.39, 0.29) is 0 Å². The van der Waals surface area contributed by atoms with Crippen LogP contribution in [0.3, 0.4) is 0 Å². The summed E-state index contributed by atoms with van der Waals surface area (Å²) in [4.78, 5) is 4.22. The summed E-state index contributed by atoms with van der Waals surface area (Å²) < 4.78 is 1.78. The van der Waals surface area contributed by atoms with Gasteiger partial charge >= 0.3 is 0 Å². The second-order valence-corrected chi connectivity index (χ2v) is 3.04. The number of fused-ring (bicyclic) bond motifs is 1. The number of halogens is 1. The maximum Gasteiger partial charge on any atom is 0.157 e. The number of nitrogen functional groups attached to an aromatic ring is 1. The molecule has 0 fully saturated rings. The molecular weight excluding hydrogens is 198 g/mol. The van der Waals surface area contributed by atoms with E-state index in [1.165, 1.54) is 0 Å². The minimum absolute atomic E-state index is 0.623. The molecule has 76 valence electrons. The first-order valence-corrected chi connectivity index (χ1v) is 4.96. The second kappa shape index (κ2) is 4.33. The van der Waals surface area contributed by atoms with Crippen LogP contribution in [0, 0.1) is 6.92 Å². The van der Waals surface area contributed by atoms with Crippen molar-refractivity contribution < 1.29 is 0 Å². The van der Waals surface area contributed by atoms with Crippen molar-refractivity contribution in [2.45, 2.75) is 20.8 Å². The van der Waals surface area contributed by atoms with Crippen molar-refractivity contribution in [2.24, 2.45) is 0 Å². The number of rotatable bonds is 0. The molecule has 0 aliphatic rings. The highest BCUT2D eigenvalue weighted by molar-refractivity contribution is 6.33. The maximum atomic E-state index is 5.90. The molecule has 2 heterocycles. The average molecular weight is 212 g/mol. The lowest BCUT2D eigenvalue weighted by atomic mass is 10.5. The molecule has 0 unspecified atom stereocenters. The Balaban J connectivity index is 0.000000461. The summed E-state index contributed by atoms with van der Waals surface area (Å²) >= 11 is 5.90. The first-order chi connectivity index (χ1) is 6.70. The lowest BCUT2D eigenvalue weighted by molar-refractivity contribution is 1.19. The molecule has 0 aliphatic heterocycles. The summed E-state index contributed by atoms with van der Waals surface area (Å²) in [5.74, 6) is 0.646. The van der Waals surface area contributed by atoms with Crippen LogP contribution < -0.4 is 5.73 Å². The molecule has 0 radical (unpaired) electrons. The zero-order valence-electron chi connectivity index (χ0n) is 8.58. The van der Waals surface area contributed by atoms with E-state index in [4.69, 9.17) is 17.3 Å². The summed E-state index contributed by atoms with van der Waals surface area (Å²) in [6, 6.07) is 3.63. The Hall–Kier alpha value is -1.22. The van der Waals surface area contributed by atoms with Crippen molar-refractivity contribution in [2.75, 3.05) is 5.73 Å². The highest BCUT2D eigenvalue weighted by atomic mass is 35.5. The number of nitrogens with zero attached hydrogens (tertiary/aromatic N) is 2. The molecule has 3 nitrogen and oxygen atoms in total. The molecule has 4 heteroatoms. The first-order valence-electron chi connectivity index (χ1n) is 4.59. The normalized spacial score (nSPS) is 9.71. The fraction of sp³-hybridized carbons (Fsp3) is 0.300. The molecule has 0 amide bonds. The van der Waals surface area contributed by atoms with E-state index < -0.39 is 0 Å². The zero-order valence-corrected chi connectivity index (χ0v) is 9.34. The largest absolute Gasteiger partial charge is 0.383 e. The summed E-state index contributed by atoms with van der Waals surface area (Å²) in [5, 5.41) is 0.623. The highest BCUT2D eigenvalue weighted by Crippen LogP contribution is 2.20. The van der Waals surface area contributed by atoms with Crippen LogP contribution in [0.2, 0.25) is 5.02 Å². The molecule has 0 saturated heterocycles. The van der Waals surface area contributed by atoms with Gasteiger partial charge in [-0.1, -0.05) is 25.4 Å². The Morgan fingerprint density at radius 1 is 1.43 bits per heavy atom. The van der Waals surface area contributed by atoms with E-state index in [9.17, 15) is 0 Å². The number of imidazole rings is 1. The third-order valence-corrected chi connectivity index (χ3v) is 2.12. The van der Waals surface area contributed by atoms with Gasteiger partial charge in [-0.3, -0.25) is 4.40 Å². The van der Waals surface area contributed by atoms with Gasteiger partial charge in [-0.15, -0.1) is 0 Å². The molecule has 0 aromatic carbocycles. The lowest BCUT2D eigenvalue weighted by Crippen LogP contribution is -1.92. The molecule has 2 aromatic rings. The highest BCUT2D eigenvalue weighted by Gasteiger charge is 2.06. The van der Waals surface area contributed by atoms with E-state index in [1.807, 2.05) is 33.0 Å². The van der Waals surface area contributed by atoms with Crippen LogP contribution in [0.5, 0.6) is 0 Å². The Labute approximate surface area is 88.5 Å². The molecule has 2 aromatic heterocycles. The Kier molecular flexibility index (Phi) is 3.36. The predicted molar refractivity (Wildman–Crippen MR) is 60.7 cm³/mol. The van der Waals surface area contributed by atoms with Crippen molar-refractivity contribution in [3.63, 3.8) is 0 Å². The summed E-state index contributed by atoms with van der Waals surface area (Å²) in [7, 11) is 0. The SMILES string of the molecule is CC.Cc1nc2c(Cl)cccn2c1N. The quantitative estimate of drug-likeness (QED) is 0.728. The van der Waals surface area contributed by atoms with Crippen LogP contribution in [0.1, 0.15) is 19.5 Å². The van der Waals surface area contributed by atoms with E-state index >= 15 is 0 Å². The van der Waals surface area contributed by atoms with Crippen molar-refractivity contribution >= 4 is 23.1 Å². The summed E-state index contributed by atoms with van der Waals surface area (Å²) in [6.07, 6.45) is 1.84. The van der Waals surface area contributed by atoms with Gasteiger partial charge in [-0.05, 0) is 19.1 Å². The van der Waals surface area contributed by atoms with Crippen LogP contribution in [0.25, 0.3) is 5.65 Å². The number of nitrogens with two attached hydrogens (primary N) is 1. The molecule has 0 atom stereocenters. The number of anilines is 1. The van der Waals surface area contributed by atoms with Crippen molar-refractivity contribution in [1.82, 2.24) is 9.38 Å². The molecule has 0 aliphatic carbocycles. The van der Waals surface area contributed by atoms with E-state index in [0.717, 1.165) is 5.69 Å². The van der Waals surface area contributed by atoms with Gasteiger partial charge in [0.05, 0.1) is 10.7 Å². The van der Waals surface area contributed by atoms with Gasteiger partial charge in [-0.2, -0.15) is 0 Å². The smallest absolute Gasteiger partial charge is 0.157 e. The molecule has 0 spiro atoms. The fourth-order valence-electron chi connectivity index (χ4n) is 1.17. The van der Waals surface area contributed by atoms with Gasteiger partial charge in [0.2, 0.25) is 0 Å². The van der Waals surface area contributed by atoms with E-state index in [1.54, 1.807) is 10.5 Å². The van der Waals surface area contributed by atoms with Crippen molar-refractivity contribution in [1.29, 1.82) is 0 Å². The Morgan fingerprint density at radius 2 is 2.07 bits per heavy atom. The summed E-state index contributed by atoms with van der Waals surface area (Å²) in [5.41, 5.74) is 7.27. The van der Waals surface area contributed by atoms with Gasteiger partial charge in [0.1, 0.15) is 5.82 Å². The third kappa shape index (κ3) is 1.68. The topological polar surface area (TPSA) is 43.3 Å². The van der Waals surface area contributed by atoms with Crippen molar-refractivity contribution in [3.05, 3.63) is 29.0 Å². The second-order valence-electron chi connectivity index (χ2n) is 2.63. The molecule has 0 saturated carbocycles. The van der Waals surface area contributed by atoms with Gasteiger partial charge in [0, 0.05) is 6.20 Å². The molecule has 0 bridgehead atoms. The maximum absolute atomic E-state index is 5.90. The van der Waals surface area contributed by atoms with Crippen LogP contribution in [-0.4, -0.2) is 9.38 Å². The summed E-state index contributed by atoms with van der Waals surface area (Å²) in [6.45, 7) is 5.86. The van der Waals surface area contributed by atoms with Crippen LogP contribution in [0.15, 0.2) is 18.3 Å². The third-order valence-electron chi connectivity index (χ3n) is 1.82. The Morgan fingerprint density at radius 3 is 2.64 bits per heavy atom. The van der Waals surface area contributed by atoms with Crippen LogP contribution >= 0.6 is 11.6 Å². The minimum atomic E-state index is 0.623. The standard InChI is InChI=1S/C8H8ClN3.C2H6/c1-5-7(10)12-4-2-3-6(9)8(12)11-5;1-2/h2-4H,10H2,1H3;1-2H3. The number of pyridine rings is 1. The monoisotopic (exact) mass is 211 g/mol. The van der Waals surface area contributed by atoms with E-state index in [2.05, 4.69) is 4.98 Å². The predicted octanol–water partition coefficient (Wildman–Crippen LogP) is 2.90. The molecular formula is C10H14ClN3. The molecule has 2 rings (SSSR count). The first kappa shape index (κ1) is 10.9. The number of aromatic nitrogens is 2. The number of hydrogen-bond acceptors (Lipinski definition) is 2. The molecule has 14 heavy (non-hydrogen) atoms.